The van der Waals surface area contributed by atoms with Crippen molar-refractivity contribution in [1.29, 1.82) is 0 Å². The number of hydrogen-bond donors (Lipinski definition) is 1. The van der Waals surface area contributed by atoms with E-state index in [1.54, 1.807) is 6.07 Å². The fourth-order valence-corrected chi connectivity index (χ4v) is 4.16. The molecule has 7 nitrogen and oxygen atoms in total. The minimum absolute atomic E-state index is 0.129. The molecule has 0 saturated heterocycles. The Morgan fingerprint density at radius 1 is 1.19 bits per heavy atom. The van der Waals surface area contributed by atoms with Crippen LogP contribution in [0.5, 0.6) is 0 Å². The Morgan fingerprint density at radius 3 is 2.59 bits per heavy atom. The Hall–Kier alpha value is -2.94. The summed E-state index contributed by atoms with van der Waals surface area (Å²) in [6.45, 7) is 0.632. The highest BCUT2D eigenvalue weighted by Gasteiger charge is 2.31. The summed E-state index contributed by atoms with van der Waals surface area (Å²) < 4.78 is 23.4. The first-order valence-electron chi connectivity index (χ1n) is 8.07. The zero-order valence-corrected chi connectivity index (χ0v) is 15.5. The fourth-order valence-electron chi connectivity index (χ4n) is 2.91. The monoisotopic (exact) mass is 392 g/mol. The van der Waals surface area contributed by atoms with Gasteiger partial charge in [0.05, 0.1) is 31.9 Å². The van der Waals surface area contributed by atoms with Crippen LogP contribution >= 0.6 is 11.3 Å². The van der Waals surface area contributed by atoms with Gasteiger partial charge in [-0.2, -0.15) is 0 Å². The summed E-state index contributed by atoms with van der Waals surface area (Å²) in [4.78, 5) is 38.7. The summed E-state index contributed by atoms with van der Waals surface area (Å²) in [5.74, 6) is -1.92. The third-order valence-corrected chi connectivity index (χ3v) is 5.36. The Bertz CT molecular complexity index is 911. The summed E-state index contributed by atoms with van der Waals surface area (Å²) in [6, 6.07) is 5.57. The molecule has 1 aromatic heterocycles. The van der Waals surface area contributed by atoms with E-state index in [9.17, 15) is 18.8 Å². The molecule has 2 aromatic rings. The predicted octanol–water partition coefficient (Wildman–Crippen LogP) is 3.05. The highest BCUT2D eigenvalue weighted by atomic mass is 32.1. The van der Waals surface area contributed by atoms with Gasteiger partial charge in [0.25, 0.3) is 5.91 Å². The lowest BCUT2D eigenvalue weighted by atomic mass is 10.0. The van der Waals surface area contributed by atoms with Crippen LogP contribution in [-0.4, -0.2) is 43.6 Å². The predicted molar refractivity (Wildman–Crippen MR) is 96.5 cm³/mol. The Labute approximate surface area is 158 Å². The van der Waals surface area contributed by atoms with Crippen molar-refractivity contribution in [2.45, 2.75) is 13.0 Å². The number of hydrogen-bond acceptors (Lipinski definition) is 6. The van der Waals surface area contributed by atoms with Crippen LogP contribution in [0.4, 0.5) is 14.2 Å². The van der Waals surface area contributed by atoms with E-state index in [0.29, 0.717) is 13.0 Å². The number of ether oxygens (including phenoxy) is 2. The highest BCUT2D eigenvalue weighted by Crippen LogP contribution is 2.38. The molecule has 3 rings (SSSR count). The van der Waals surface area contributed by atoms with Gasteiger partial charge in [0.1, 0.15) is 10.8 Å². The molecular weight excluding hydrogens is 375 g/mol. The lowest BCUT2D eigenvalue weighted by Crippen LogP contribution is -2.35. The van der Waals surface area contributed by atoms with Crippen molar-refractivity contribution >= 4 is 34.3 Å². The summed E-state index contributed by atoms with van der Waals surface area (Å²) in [6.07, 6.45) is -0.0494. The van der Waals surface area contributed by atoms with E-state index < -0.39 is 23.8 Å². The van der Waals surface area contributed by atoms with Gasteiger partial charge < -0.3 is 19.7 Å². The number of carbonyl (C=O) groups is 3. The van der Waals surface area contributed by atoms with E-state index in [4.69, 9.17) is 9.47 Å². The highest BCUT2D eigenvalue weighted by molar-refractivity contribution is 7.17. The van der Waals surface area contributed by atoms with Crippen molar-refractivity contribution in [1.82, 2.24) is 4.90 Å². The van der Waals surface area contributed by atoms with Crippen molar-refractivity contribution in [3.8, 4) is 0 Å². The number of benzene rings is 1. The summed E-state index contributed by atoms with van der Waals surface area (Å²) in [5.41, 5.74) is 0.832. The molecule has 1 aliphatic heterocycles. The molecule has 0 fully saturated rings. The van der Waals surface area contributed by atoms with Crippen LogP contribution in [0.3, 0.4) is 0 Å². The number of anilines is 1. The normalized spacial score (nSPS) is 12.9. The Morgan fingerprint density at radius 2 is 1.93 bits per heavy atom. The first-order chi connectivity index (χ1) is 13.0. The van der Waals surface area contributed by atoms with Gasteiger partial charge in [0.15, 0.2) is 0 Å². The maximum Gasteiger partial charge on any atom is 0.409 e. The van der Waals surface area contributed by atoms with E-state index >= 15 is 0 Å². The Balaban J connectivity index is 1.95. The van der Waals surface area contributed by atoms with Crippen molar-refractivity contribution < 1.29 is 28.2 Å². The number of nitrogens with one attached hydrogen (secondary N) is 1. The quantitative estimate of drug-likeness (QED) is 0.812. The van der Waals surface area contributed by atoms with Crippen LogP contribution in [0.25, 0.3) is 0 Å². The maximum absolute atomic E-state index is 13.9. The van der Waals surface area contributed by atoms with Crippen LogP contribution in [0, 0.1) is 5.82 Å². The van der Waals surface area contributed by atoms with Crippen LogP contribution in [0.2, 0.25) is 0 Å². The lowest BCUT2D eigenvalue weighted by molar-refractivity contribution is 0.0600. The molecule has 9 heteroatoms. The molecule has 0 bridgehead atoms. The topological polar surface area (TPSA) is 84.9 Å². The molecule has 27 heavy (non-hydrogen) atoms. The van der Waals surface area contributed by atoms with Gasteiger partial charge in [-0.25, -0.2) is 14.0 Å². The average molecular weight is 392 g/mol. The molecule has 0 atom stereocenters. The zero-order valence-electron chi connectivity index (χ0n) is 14.7. The van der Waals surface area contributed by atoms with E-state index in [-0.39, 0.29) is 22.7 Å². The van der Waals surface area contributed by atoms with Gasteiger partial charge in [0.2, 0.25) is 0 Å². The molecule has 0 aliphatic carbocycles. The van der Waals surface area contributed by atoms with E-state index in [0.717, 1.165) is 21.8 Å². The average Bonchev–Trinajstić information content (AvgIpc) is 3.03. The number of esters is 1. The first-order valence-corrected chi connectivity index (χ1v) is 8.89. The van der Waals surface area contributed by atoms with E-state index in [2.05, 4.69) is 5.32 Å². The third-order valence-electron chi connectivity index (χ3n) is 4.22. The largest absolute Gasteiger partial charge is 0.465 e. The van der Waals surface area contributed by atoms with Crippen molar-refractivity contribution in [3.05, 3.63) is 51.7 Å². The number of thiophene rings is 1. The molecule has 1 aliphatic rings. The van der Waals surface area contributed by atoms with Gasteiger partial charge in [-0.3, -0.25) is 4.79 Å². The van der Waals surface area contributed by atoms with Gasteiger partial charge in [-0.1, -0.05) is 12.1 Å². The molecule has 2 amide bonds. The first kappa shape index (κ1) is 18.8. The third kappa shape index (κ3) is 3.63. The number of carbonyl (C=O) groups excluding carboxylic acids is 3. The van der Waals surface area contributed by atoms with Crippen molar-refractivity contribution in [3.63, 3.8) is 0 Å². The lowest BCUT2D eigenvalue weighted by Gasteiger charge is -2.25. The van der Waals surface area contributed by atoms with E-state index in [1.165, 1.54) is 37.3 Å². The van der Waals surface area contributed by atoms with Gasteiger partial charge in [-0.05, 0) is 24.1 Å². The number of nitrogens with zero attached hydrogens (tertiary/aromatic N) is 1. The minimum Gasteiger partial charge on any atom is -0.465 e. The molecule has 0 radical (unpaired) electrons. The smallest absolute Gasteiger partial charge is 0.409 e. The van der Waals surface area contributed by atoms with Crippen LogP contribution in [-0.2, 0) is 22.4 Å². The van der Waals surface area contributed by atoms with Crippen molar-refractivity contribution in [2.24, 2.45) is 0 Å². The van der Waals surface area contributed by atoms with Crippen LogP contribution < -0.4 is 5.32 Å². The Kier molecular flexibility index (Phi) is 5.41. The van der Waals surface area contributed by atoms with Gasteiger partial charge in [0, 0.05) is 11.4 Å². The van der Waals surface area contributed by atoms with Gasteiger partial charge in [-0.15, -0.1) is 11.3 Å². The number of fused-ring (bicyclic) bond motifs is 1. The molecule has 1 N–H and O–H groups in total. The van der Waals surface area contributed by atoms with Crippen molar-refractivity contribution in [2.75, 3.05) is 26.1 Å². The van der Waals surface area contributed by atoms with Crippen LogP contribution in [0.15, 0.2) is 24.3 Å². The summed E-state index contributed by atoms with van der Waals surface area (Å²) in [7, 11) is 2.55. The molecule has 0 saturated carbocycles. The molecule has 2 heterocycles. The second-order valence-electron chi connectivity index (χ2n) is 5.78. The molecule has 0 spiro atoms. The second kappa shape index (κ2) is 7.75. The minimum atomic E-state index is -0.665. The SMILES string of the molecule is COC(=O)c1c(NC(=O)c2ccccc2F)sc2c1CCN(C(=O)OC)C2. The molecular formula is C18H17FN2O5S. The summed E-state index contributed by atoms with van der Waals surface area (Å²) >= 11 is 1.16. The standard InChI is InChI=1S/C18H17FN2O5S/c1-25-17(23)14-11-7-8-21(18(24)26-2)9-13(11)27-16(14)20-15(22)10-5-3-4-6-12(10)19/h3-6H,7-9H2,1-2H3,(H,20,22). The number of rotatable bonds is 3. The number of halogens is 1. The molecule has 1 aromatic carbocycles. The maximum atomic E-state index is 13.9. The second-order valence-corrected chi connectivity index (χ2v) is 6.88. The fraction of sp³-hybridized carbons (Fsp3) is 0.278. The van der Waals surface area contributed by atoms with Crippen LogP contribution in [0.1, 0.15) is 31.2 Å². The van der Waals surface area contributed by atoms with E-state index in [1.807, 2.05) is 0 Å². The molecule has 142 valence electrons. The number of amides is 2. The number of methoxy groups -OCH3 is 2. The van der Waals surface area contributed by atoms with Gasteiger partial charge >= 0.3 is 12.1 Å². The molecule has 0 unspecified atom stereocenters. The zero-order chi connectivity index (χ0) is 19.6. The summed E-state index contributed by atoms with van der Waals surface area (Å²) in [5, 5.41) is 2.87.